The maximum absolute atomic E-state index is 10.1. The first-order valence-corrected chi connectivity index (χ1v) is 4.37. The molecule has 0 fully saturated rings. The fourth-order valence-corrected chi connectivity index (χ4v) is 0.923. The molecule has 0 bridgehead atoms. The molecule has 0 aliphatic carbocycles. The van der Waals surface area contributed by atoms with E-state index in [4.69, 9.17) is 4.55 Å². The molecule has 0 amide bonds. The summed E-state index contributed by atoms with van der Waals surface area (Å²) in [7, 11) is -4.01. The number of hydrogen-bond acceptors (Lipinski definition) is 2. The second-order valence-electron chi connectivity index (χ2n) is 3.36. The molecule has 0 aromatic rings. The Morgan fingerprint density at radius 2 is 1.80 bits per heavy atom. The van der Waals surface area contributed by atoms with Gasteiger partial charge >= 0.3 is 10.3 Å². The van der Waals surface area contributed by atoms with Crippen molar-refractivity contribution in [2.75, 3.05) is 6.54 Å². The van der Waals surface area contributed by atoms with Crippen LogP contribution in [0, 0.1) is 5.41 Å². The molecule has 5 heteroatoms. The lowest BCUT2D eigenvalue weighted by molar-refractivity contribution is 0.390. The average molecular weight is 167 g/mol. The van der Waals surface area contributed by atoms with Crippen molar-refractivity contribution in [3.63, 3.8) is 0 Å². The second kappa shape index (κ2) is 2.86. The van der Waals surface area contributed by atoms with Gasteiger partial charge in [-0.2, -0.15) is 13.1 Å². The molecular formula is C5H13NO3S. The van der Waals surface area contributed by atoms with Crippen molar-refractivity contribution in [3.05, 3.63) is 0 Å². The Morgan fingerprint density at radius 3 is 1.90 bits per heavy atom. The highest BCUT2D eigenvalue weighted by Gasteiger charge is 2.13. The van der Waals surface area contributed by atoms with E-state index >= 15 is 0 Å². The molecule has 0 saturated carbocycles. The van der Waals surface area contributed by atoms with Crippen molar-refractivity contribution < 1.29 is 13.0 Å². The van der Waals surface area contributed by atoms with E-state index in [1.54, 1.807) is 0 Å². The van der Waals surface area contributed by atoms with Gasteiger partial charge in [0.2, 0.25) is 0 Å². The zero-order chi connectivity index (χ0) is 8.41. The Balaban J connectivity index is 3.79. The lowest BCUT2D eigenvalue weighted by atomic mass is 9.98. The third kappa shape index (κ3) is 7.87. The lowest BCUT2D eigenvalue weighted by Crippen LogP contribution is -2.31. The molecule has 0 aliphatic rings. The summed E-state index contributed by atoms with van der Waals surface area (Å²) in [5.41, 5.74) is -0.143. The van der Waals surface area contributed by atoms with E-state index in [0.29, 0.717) is 0 Å². The van der Waals surface area contributed by atoms with E-state index in [2.05, 4.69) is 0 Å². The van der Waals surface area contributed by atoms with E-state index in [9.17, 15) is 8.42 Å². The molecule has 0 atom stereocenters. The first kappa shape index (κ1) is 9.87. The largest absolute Gasteiger partial charge is 0.333 e. The van der Waals surface area contributed by atoms with E-state index in [1.165, 1.54) is 0 Å². The summed E-state index contributed by atoms with van der Waals surface area (Å²) in [4.78, 5) is 0. The maximum Gasteiger partial charge on any atom is 0.333 e. The molecule has 4 nitrogen and oxygen atoms in total. The highest BCUT2D eigenvalue weighted by atomic mass is 32.2. The molecule has 0 unspecified atom stereocenters. The predicted octanol–water partition coefficient (Wildman–Crippen LogP) is 0.425. The summed E-state index contributed by atoms with van der Waals surface area (Å²) in [5.74, 6) is 0. The summed E-state index contributed by atoms with van der Waals surface area (Å²) < 4.78 is 30.5. The quantitative estimate of drug-likeness (QED) is 0.586. The Kier molecular flexibility index (Phi) is 2.82. The van der Waals surface area contributed by atoms with Crippen LogP contribution in [0.25, 0.3) is 0 Å². The first-order chi connectivity index (χ1) is 4.21. The molecule has 10 heavy (non-hydrogen) atoms. The zero-order valence-electron chi connectivity index (χ0n) is 6.38. The van der Waals surface area contributed by atoms with Crippen molar-refractivity contribution in [3.8, 4) is 0 Å². The summed E-state index contributed by atoms with van der Waals surface area (Å²) in [6.45, 7) is 5.84. The van der Waals surface area contributed by atoms with Gasteiger partial charge in [0, 0.05) is 6.54 Å². The Bertz CT molecular complexity index is 189. The van der Waals surface area contributed by atoms with Gasteiger partial charge in [-0.1, -0.05) is 20.8 Å². The third-order valence-corrected chi connectivity index (χ3v) is 1.29. The van der Waals surface area contributed by atoms with Crippen molar-refractivity contribution in [2.45, 2.75) is 20.8 Å². The number of hydrogen-bond donors (Lipinski definition) is 2. The smallest absolute Gasteiger partial charge is 0.273 e. The minimum Gasteiger partial charge on any atom is -0.273 e. The van der Waals surface area contributed by atoms with Gasteiger partial charge in [0.05, 0.1) is 0 Å². The van der Waals surface area contributed by atoms with Crippen LogP contribution >= 0.6 is 0 Å². The Hall–Kier alpha value is -0.130. The van der Waals surface area contributed by atoms with Gasteiger partial charge in [0.25, 0.3) is 0 Å². The van der Waals surface area contributed by atoms with Crippen molar-refractivity contribution in [2.24, 2.45) is 5.41 Å². The lowest BCUT2D eigenvalue weighted by Gasteiger charge is -2.16. The normalized spacial score (nSPS) is 13.6. The fraction of sp³-hybridized carbons (Fsp3) is 1.00. The van der Waals surface area contributed by atoms with Crippen LogP contribution in [0.1, 0.15) is 20.8 Å². The van der Waals surface area contributed by atoms with Crippen LogP contribution in [0.5, 0.6) is 0 Å². The van der Waals surface area contributed by atoms with Gasteiger partial charge in [0.1, 0.15) is 0 Å². The van der Waals surface area contributed by atoms with Crippen LogP contribution in [0.4, 0.5) is 0 Å². The van der Waals surface area contributed by atoms with Crippen LogP contribution in [0.2, 0.25) is 0 Å². The van der Waals surface area contributed by atoms with E-state index in [0.717, 1.165) is 0 Å². The summed E-state index contributed by atoms with van der Waals surface area (Å²) in [6, 6.07) is 0. The van der Waals surface area contributed by atoms with Gasteiger partial charge in [-0.15, -0.1) is 0 Å². The molecular weight excluding hydrogens is 154 g/mol. The van der Waals surface area contributed by atoms with Crippen molar-refractivity contribution in [1.29, 1.82) is 0 Å². The van der Waals surface area contributed by atoms with Gasteiger partial charge < -0.3 is 0 Å². The number of nitrogens with one attached hydrogen (secondary N) is 1. The third-order valence-electron chi connectivity index (χ3n) is 0.785. The average Bonchev–Trinajstić information content (AvgIpc) is 1.57. The van der Waals surface area contributed by atoms with Crippen LogP contribution in [-0.4, -0.2) is 19.5 Å². The molecule has 0 aromatic heterocycles. The molecule has 0 aliphatic heterocycles. The maximum atomic E-state index is 10.1. The molecule has 0 aromatic carbocycles. The summed E-state index contributed by atoms with van der Waals surface area (Å²) >= 11 is 0. The molecule has 0 radical (unpaired) electrons. The Morgan fingerprint density at radius 1 is 1.40 bits per heavy atom. The van der Waals surface area contributed by atoms with E-state index in [1.807, 2.05) is 25.5 Å². The SMILES string of the molecule is CC(C)(C)CNS(=O)(=O)O. The molecule has 62 valence electrons. The number of rotatable bonds is 2. The van der Waals surface area contributed by atoms with Gasteiger partial charge in [0.15, 0.2) is 0 Å². The van der Waals surface area contributed by atoms with Gasteiger partial charge in [-0.25, -0.2) is 0 Å². The van der Waals surface area contributed by atoms with Crippen molar-refractivity contribution in [1.82, 2.24) is 4.72 Å². The zero-order valence-corrected chi connectivity index (χ0v) is 7.20. The molecule has 0 rings (SSSR count). The molecule has 0 spiro atoms. The topological polar surface area (TPSA) is 66.4 Å². The van der Waals surface area contributed by atoms with Crippen LogP contribution in [0.3, 0.4) is 0 Å². The molecule has 2 N–H and O–H groups in total. The minimum absolute atomic E-state index is 0.143. The monoisotopic (exact) mass is 167 g/mol. The van der Waals surface area contributed by atoms with Crippen LogP contribution in [-0.2, 0) is 10.3 Å². The fourth-order valence-electron chi connectivity index (χ4n) is 0.308. The second-order valence-corrected chi connectivity index (χ2v) is 4.60. The molecule has 0 heterocycles. The first-order valence-electron chi connectivity index (χ1n) is 2.93. The minimum atomic E-state index is -4.01. The summed E-state index contributed by atoms with van der Waals surface area (Å²) in [5, 5.41) is 0. The van der Waals surface area contributed by atoms with Crippen LogP contribution < -0.4 is 4.72 Å². The predicted molar refractivity (Wildman–Crippen MR) is 39.0 cm³/mol. The highest BCUT2D eigenvalue weighted by molar-refractivity contribution is 7.83. The standard InChI is InChI=1S/C5H13NO3S/c1-5(2,3)4-6-10(7,8)9/h6H,4H2,1-3H3,(H,7,8,9). The van der Waals surface area contributed by atoms with Gasteiger partial charge in [-0.05, 0) is 5.41 Å². The van der Waals surface area contributed by atoms with E-state index < -0.39 is 10.3 Å². The van der Waals surface area contributed by atoms with Crippen molar-refractivity contribution >= 4 is 10.3 Å². The van der Waals surface area contributed by atoms with E-state index in [-0.39, 0.29) is 12.0 Å². The molecule has 0 saturated heterocycles. The van der Waals surface area contributed by atoms with Gasteiger partial charge in [-0.3, -0.25) is 4.55 Å². The highest BCUT2D eigenvalue weighted by Crippen LogP contribution is 2.10. The summed E-state index contributed by atoms with van der Waals surface area (Å²) in [6.07, 6.45) is 0. The van der Waals surface area contributed by atoms with Crippen LogP contribution in [0.15, 0.2) is 0 Å². The Labute approximate surface area is 61.5 Å².